The first-order valence-electron chi connectivity index (χ1n) is 4.87. The topological polar surface area (TPSA) is 76.7 Å². The molecule has 0 amide bonds. The van der Waals surface area contributed by atoms with E-state index in [4.69, 9.17) is 5.73 Å². The Hall–Kier alpha value is -1.95. The maximum Gasteiger partial charge on any atom is 0.311 e. The number of thiocarbonyl (C=S) groups is 1. The molecule has 6 heteroatoms. The number of ether oxygens (including phenoxy) is 1. The highest BCUT2D eigenvalue weighted by Crippen LogP contribution is 2.05. The minimum Gasteiger partial charge on any atom is -0.469 e. The Morgan fingerprint density at radius 3 is 2.65 bits per heavy atom. The van der Waals surface area contributed by atoms with E-state index in [1.54, 1.807) is 0 Å². The first-order valence-corrected chi connectivity index (χ1v) is 5.28. The number of rotatable bonds is 4. The second kappa shape index (κ2) is 6.59. The van der Waals surface area contributed by atoms with Gasteiger partial charge in [0.05, 0.1) is 19.2 Å². The van der Waals surface area contributed by atoms with E-state index in [9.17, 15) is 4.79 Å². The Bertz CT molecular complexity index is 432. The summed E-state index contributed by atoms with van der Waals surface area (Å²) in [7, 11) is 1.33. The fraction of sp³-hybridized carbons (Fsp3) is 0.182. The van der Waals surface area contributed by atoms with Gasteiger partial charge in [-0.15, -0.1) is 0 Å². The third-order valence-corrected chi connectivity index (χ3v) is 2.04. The molecule has 0 aromatic heterocycles. The molecule has 1 aromatic rings. The van der Waals surface area contributed by atoms with E-state index in [1.165, 1.54) is 7.11 Å². The third kappa shape index (κ3) is 4.60. The van der Waals surface area contributed by atoms with Crippen LogP contribution < -0.4 is 11.2 Å². The van der Waals surface area contributed by atoms with Gasteiger partial charge in [0, 0.05) is 0 Å². The van der Waals surface area contributed by atoms with Crippen molar-refractivity contribution in [1.29, 1.82) is 0 Å². The third-order valence-electron chi connectivity index (χ3n) is 1.95. The lowest BCUT2D eigenvalue weighted by Crippen LogP contribution is -2.26. The van der Waals surface area contributed by atoms with E-state index in [2.05, 4.69) is 27.5 Å². The lowest BCUT2D eigenvalue weighted by atomic mass is 10.1. The van der Waals surface area contributed by atoms with Crippen LogP contribution in [0, 0.1) is 0 Å². The Kier molecular flexibility index (Phi) is 5.09. The summed E-state index contributed by atoms with van der Waals surface area (Å²) in [5, 5.41) is 4.03. The van der Waals surface area contributed by atoms with E-state index < -0.39 is 0 Å². The summed E-state index contributed by atoms with van der Waals surface area (Å²) in [6, 6.07) is 9.25. The maximum absolute atomic E-state index is 11.2. The first-order chi connectivity index (χ1) is 8.13. The zero-order chi connectivity index (χ0) is 12.7. The number of esters is 1. The lowest BCUT2D eigenvalue weighted by Gasteiger charge is -2.06. The Balaban J connectivity index is 2.90. The Morgan fingerprint density at radius 1 is 1.47 bits per heavy atom. The lowest BCUT2D eigenvalue weighted by molar-refractivity contribution is -0.139. The molecule has 0 atom stereocenters. The molecule has 0 radical (unpaired) electrons. The van der Waals surface area contributed by atoms with E-state index in [1.807, 2.05) is 30.3 Å². The molecule has 0 spiro atoms. The van der Waals surface area contributed by atoms with Crippen LogP contribution in [0.1, 0.15) is 12.0 Å². The average Bonchev–Trinajstić information content (AvgIpc) is 2.35. The van der Waals surface area contributed by atoms with Gasteiger partial charge in [0.15, 0.2) is 5.11 Å². The highest BCUT2D eigenvalue weighted by Gasteiger charge is 2.10. The maximum atomic E-state index is 11.2. The van der Waals surface area contributed by atoms with Crippen molar-refractivity contribution in [3.63, 3.8) is 0 Å². The number of carbonyl (C=O) groups is 1. The Labute approximate surface area is 105 Å². The molecule has 90 valence electrons. The predicted octanol–water partition coefficient (Wildman–Crippen LogP) is 0.787. The van der Waals surface area contributed by atoms with Gasteiger partial charge >= 0.3 is 5.97 Å². The average molecular weight is 251 g/mol. The number of methoxy groups -OCH3 is 1. The normalized spacial score (nSPS) is 10.8. The molecule has 17 heavy (non-hydrogen) atoms. The van der Waals surface area contributed by atoms with Gasteiger partial charge in [-0.3, -0.25) is 10.2 Å². The minimum absolute atomic E-state index is 0.0447. The molecule has 1 rings (SSSR count). The van der Waals surface area contributed by atoms with Crippen molar-refractivity contribution < 1.29 is 9.53 Å². The van der Waals surface area contributed by atoms with Crippen LogP contribution in [0.4, 0.5) is 0 Å². The number of benzene rings is 1. The van der Waals surface area contributed by atoms with Gasteiger partial charge < -0.3 is 10.5 Å². The SMILES string of the molecule is COC(=O)C/C(=N\NC(N)=S)c1ccccc1. The van der Waals surface area contributed by atoms with Gasteiger partial charge in [0.2, 0.25) is 0 Å². The van der Waals surface area contributed by atoms with Crippen molar-refractivity contribution in [2.75, 3.05) is 7.11 Å². The number of nitrogens with two attached hydrogens (primary N) is 1. The molecular weight excluding hydrogens is 238 g/mol. The standard InChI is InChI=1S/C11H13N3O2S/c1-16-10(15)7-9(13-14-11(12)17)8-5-3-2-4-6-8/h2-6H,7H2,1H3,(H3,12,14,17)/b13-9+. The minimum atomic E-state index is -0.377. The van der Waals surface area contributed by atoms with Gasteiger partial charge in [0.25, 0.3) is 0 Å². The summed E-state index contributed by atoms with van der Waals surface area (Å²) in [6.45, 7) is 0. The Morgan fingerprint density at radius 2 is 2.12 bits per heavy atom. The predicted molar refractivity (Wildman–Crippen MR) is 69.5 cm³/mol. The molecule has 0 unspecified atom stereocenters. The molecule has 3 N–H and O–H groups in total. The molecule has 1 aromatic carbocycles. The molecule has 0 saturated carbocycles. The number of carbonyl (C=O) groups excluding carboxylic acids is 1. The summed E-state index contributed by atoms with van der Waals surface area (Å²) >= 11 is 4.65. The van der Waals surface area contributed by atoms with Crippen LogP contribution >= 0.6 is 12.2 Å². The van der Waals surface area contributed by atoms with Crippen molar-refractivity contribution in [2.24, 2.45) is 10.8 Å². The number of hydrogen-bond donors (Lipinski definition) is 2. The second-order valence-electron chi connectivity index (χ2n) is 3.15. The summed E-state index contributed by atoms with van der Waals surface area (Å²) < 4.78 is 4.60. The summed E-state index contributed by atoms with van der Waals surface area (Å²) in [4.78, 5) is 11.2. The van der Waals surface area contributed by atoms with Crippen LogP contribution in [0.25, 0.3) is 0 Å². The molecule has 5 nitrogen and oxygen atoms in total. The van der Waals surface area contributed by atoms with E-state index in [0.29, 0.717) is 5.71 Å². The van der Waals surface area contributed by atoms with Crippen LogP contribution in [0.15, 0.2) is 35.4 Å². The molecule has 0 aliphatic rings. The van der Waals surface area contributed by atoms with Gasteiger partial charge in [-0.2, -0.15) is 5.10 Å². The zero-order valence-corrected chi connectivity index (χ0v) is 10.2. The number of nitrogens with one attached hydrogen (secondary N) is 1. The van der Waals surface area contributed by atoms with Crippen LogP contribution in [-0.2, 0) is 9.53 Å². The zero-order valence-electron chi connectivity index (χ0n) is 9.34. The first kappa shape index (κ1) is 13.1. The molecule has 0 aliphatic carbocycles. The number of hydrazone groups is 1. The van der Waals surface area contributed by atoms with Crippen LogP contribution in [0.3, 0.4) is 0 Å². The van der Waals surface area contributed by atoms with Crippen molar-refractivity contribution in [3.05, 3.63) is 35.9 Å². The van der Waals surface area contributed by atoms with Crippen LogP contribution in [0.2, 0.25) is 0 Å². The van der Waals surface area contributed by atoms with Crippen molar-refractivity contribution in [2.45, 2.75) is 6.42 Å². The summed E-state index contributed by atoms with van der Waals surface area (Å²) in [5.41, 5.74) is 9.07. The van der Waals surface area contributed by atoms with Gasteiger partial charge in [-0.1, -0.05) is 30.3 Å². The fourth-order valence-corrected chi connectivity index (χ4v) is 1.21. The van der Waals surface area contributed by atoms with E-state index >= 15 is 0 Å². The molecule has 0 aliphatic heterocycles. The van der Waals surface area contributed by atoms with Gasteiger partial charge in [-0.25, -0.2) is 0 Å². The number of hydrogen-bond acceptors (Lipinski definition) is 4. The van der Waals surface area contributed by atoms with Crippen LogP contribution in [0.5, 0.6) is 0 Å². The second-order valence-corrected chi connectivity index (χ2v) is 3.59. The van der Waals surface area contributed by atoms with Gasteiger partial charge in [0.1, 0.15) is 0 Å². The molecular formula is C11H13N3O2S. The summed E-state index contributed by atoms with van der Waals surface area (Å²) in [5.74, 6) is -0.377. The quantitative estimate of drug-likeness (QED) is 0.358. The molecule has 0 heterocycles. The van der Waals surface area contributed by atoms with Gasteiger partial charge in [-0.05, 0) is 17.8 Å². The summed E-state index contributed by atoms with van der Waals surface area (Å²) in [6.07, 6.45) is 0.0517. The number of nitrogens with zero attached hydrogens (tertiary/aromatic N) is 1. The van der Waals surface area contributed by atoms with E-state index in [-0.39, 0.29) is 17.5 Å². The van der Waals surface area contributed by atoms with Crippen molar-refractivity contribution in [1.82, 2.24) is 5.43 Å². The monoisotopic (exact) mass is 251 g/mol. The van der Waals surface area contributed by atoms with Crippen molar-refractivity contribution >= 4 is 29.0 Å². The molecule has 0 saturated heterocycles. The smallest absolute Gasteiger partial charge is 0.311 e. The highest BCUT2D eigenvalue weighted by atomic mass is 32.1. The largest absolute Gasteiger partial charge is 0.469 e. The highest BCUT2D eigenvalue weighted by molar-refractivity contribution is 7.80. The van der Waals surface area contributed by atoms with Crippen molar-refractivity contribution in [3.8, 4) is 0 Å². The fourth-order valence-electron chi connectivity index (χ4n) is 1.17. The molecule has 0 bridgehead atoms. The van der Waals surface area contributed by atoms with Crippen LogP contribution in [-0.4, -0.2) is 23.9 Å². The van der Waals surface area contributed by atoms with E-state index in [0.717, 1.165) is 5.56 Å². The molecule has 0 fully saturated rings.